The lowest BCUT2D eigenvalue weighted by molar-refractivity contribution is 0.0432. The van der Waals surface area contributed by atoms with Crippen molar-refractivity contribution in [3.05, 3.63) is 0 Å². The van der Waals surface area contributed by atoms with E-state index < -0.39 is 0 Å². The summed E-state index contributed by atoms with van der Waals surface area (Å²) in [5.41, 5.74) is 0. The van der Waals surface area contributed by atoms with Gasteiger partial charge in [0.15, 0.2) is 0 Å². The van der Waals surface area contributed by atoms with E-state index in [0.29, 0.717) is 12.1 Å². The molecule has 66 valence electrons. The first-order valence-electron chi connectivity index (χ1n) is 4.52. The third-order valence-electron chi connectivity index (χ3n) is 2.29. The molecule has 2 heteroatoms. The number of hydrogen-bond acceptors (Lipinski definition) is 2. The first-order chi connectivity index (χ1) is 5.20. The van der Waals surface area contributed by atoms with Crippen LogP contribution in [0.5, 0.6) is 0 Å². The molecule has 0 aromatic heterocycles. The van der Waals surface area contributed by atoms with Crippen LogP contribution in [0.25, 0.3) is 0 Å². The van der Waals surface area contributed by atoms with Gasteiger partial charge in [-0.3, -0.25) is 0 Å². The van der Waals surface area contributed by atoms with Crippen LogP contribution in [0.15, 0.2) is 0 Å². The van der Waals surface area contributed by atoms with E-state index in [1.165, 1.54) is 19.4 Å². The van der Waals surface area contributed by atoms with E-state index in [4.69, 9.17) is 4.74 Å². The maximum Gasteiger partial charge on any atom is 0.0625 e. The van der Waals surface area contributed by atoms with Gasteiger partial charge in [-0.2, -0.15) is 0 Å². The smallest absolute Gasteiger partial charge is 0.0625 e. The molecular weight excluding hydrogens is 138 g/mol. The van der Waals surface area contributed by atoms with Gasteiger partial charge in [-0.05, 0) is 40.3 Å². The molecule has 0 bridgehead atoms. The van der Waals surface area contributed by atoms with Gasteiger partial charge in [0.25, 0.3) is 0 Å². The summed E-state index contributed by atoms with van der Waals surface area (Å²) >= 11 is 0. The summed E-state index contributed by atoms with van der Waals surface area (Å²) in [5.74, 6) is 0. The second-order valence-electron chi connectivity index (χ2n) is 3.66. The lowest BCUT2D eigenvalue weighted by Crippen LogP contribution is -2.30. The Kier molecular flexibility index (Phi) is 3.34. The normalized spacial score (nSPS) is 26.7. The Morgan fingerprint density at radius 3 is 2.73 bits per heavy atom. The molecule has 0 unspecified atom stereocenters. The molecule has 11 heavy (non-hydrogen) atoms. The Balaban J connectivity index is 2.15. The Hall–Kier alpha value is -0.0800. The fourth-order valence-corrected chi connectivity index (χ4v) is 1.49. The monoisotopic (exact) mass is 157 g/mol. The highest BCUT2D eigenvalue weighted by molar-refractivity contribution is 4.75. The molecule has 1 saturated heterocycles. The largest absolute Gasteiger partial charge is 0.377 e. The molecule has 1 fully saturated rings. The SMILES string of the molecule is CC(C)OC[C@H]1CCCN1C. The first kappa shape index (κ1) is 9.01. The van der Waals surface area contributed by atoms with E-state index in [1.807, 2.05) is 0 Å². The fourth-order valence-electron chi connectivity index (χ4n) is 1.49. The van der Waals surface area contributed by atoms with Crippen molar-refractivity contribution >= 4 is 0 Å². The Bertz CT molecular complexity index is 114. The molecular formula is C9H19NO. The number of rotatable bonds is 3. The van der Waals surface area contributed by atoms with E-state index >= 15 is 0 Å². The molecule has 0 spiro atoms. The van der Waals surface area contributed by atoms with Crippen LogP contribution in [0.4, 0.5) is 0 Å². The molecule has 1 atom stereocenters. The molecule has 1 rings (SSSR count). The first-order valence-corrected chi connectivity index (χ1v) is 4.52. The zero-order valence-corrected chi connectivity index (χ0v) is 7.84. The van der Waals surface area contributed by atoms with Crippen LogP contribution >= 0.6 is 0 Å². The highest BCUT2D eigenvalue weighted by Gasteiger charge is 2.20. The van der Waals surface area contributed by atoms with Crippen molar-refractivity contribution in [3.63, 3.8) is 0 Å². The summed E-state index contributed by atoms with van der Waals surface area (Å²) in [6.07, 6.45) is 3.02. The van der Waals surface area contributed by atoms with Crippen LogP contribution in [0.1, 0.15) is 26.7 Å². The molecule has 0 amide bonds. The molecule has 0 aromatic carbocycles. The van der Waals surface area contributed by atoms with Crippen molar-refractivity contribution in [2.45, 2.75) is 38.8 Å². The Labute approximate surface area is 69.5 Å². The summed E-state index contributed by atoms with van der Waals surface area (Å²) in [7, 11) is 2.18. The predicted molar refractivity (Wildman–Crippen MR) is 46.7 cm³/mol. The van der Waals surface area contributed by atoms with Gasteiger partial charge in [-0.1, -0.05) is 0 Å². The molecule has 0 aliphatic carbocycles. The molecule has 1 aliphatic rings. The maximum atomic E-state index is 5.55. The van der Waals surface area contributed by atoms with Crippen LogP contribution < -0.4 is 0 Å². The van der Waals surface area contributed by atoms with Crippen molar-refractivity contribution in [1.29, 1.82) is 0 Å². The Morgan fingerprint density at radius 2 is 2.27 bits per heavy atom. The summed E-state index contributed by atoms with van der Waals surface area (Å²) in [6.45, 7) is 6.34. The van der Waals surface area contributed by atoms with Crippen molar-refractivity contribution in [3.8, 4) is 0 Å². The average Bonchev–Trinajstić information content (AvgIpc) is 2.31. The minimum atomic E-state index is 0.379. The van der Waals surface area contributed by atoms with Crippen molar-refractivity contribution < 1.29 is 4.74 Å². The second kappa shape index (κ2) is 4.07. The molecule has 0 saturated carbocycles. The minimum absolute atomic E-state index is 0.379. The zero-order valence-electron chi connectivity index (χ0n) is 7.84. The third-order valence-corrected chi connectivity index (χ3v) is 2.29. The number of likely N-dealkylation sites (tertiary alicyclic amines) is 1. The number of likely N-dealkylation sites (N-methyl/N-ethyl adjacent to an activating group) is 1. The number of ether oxygens (including phenoxy) is 1. The minimum Gasteiger partial charge on any atom is -0.377 e. The van der Waals surface area contributed by atoms with Crippen LogP contribution in [-0.2, 0) is 4.74 Å². The average molecular weight is 157 g/mol. The zero-order chi connectivity index (χ0) is 8.27. The van der Waals surface area contributed by atoms with E-state index in [0.717, 1.165) is 6.61 Å². The van der Waals surface area contributed by atoms with Crippen LogP contribution in [0.2, 0.25) is 0 Å². The lowest BCUT2D eigenvalue weighted by Gasteiger charge is -2.20. The third kappa shape index (κ3) is 2.80. The standard InChI is InChI=1S/C9H19NO/c1-8(2)11-7-9-5-4-6-10(9)3/h8-9H,4-7H2,1-3H3/t9-/m1/s1. The van der Waals surface area contributed by atoms with Gasteiger partial charge < -0.3 is 9.64 Å². The van der Waals surface area contributed by atoms with Gasteiger partial charge in [0.2, 0.25) is 0 Å². The van der Waals surface area contributed by atoms with Gasteiger partial charge >= 0.3 is 0 Å². The van der Waals surface area contributed by atoms with Gasteiger partial charge in [0, 0.05) is 6.04 Å². The van der Waals surface area contributed by atoms with Crippen LogP contribution in [-0.4, -0.2) is 37.2 Å². The lowest BCUT2D eigenvalue weighted by atomic mass is 10.2. The van der Waals surface area contributed by atoms with Gasteiger partial charge in [-0.15, -0.1) is 0 Å². The predicted octanol–water partition coefficient (Wildman–Crippen LogP) is 1.51. The maximum absolute atomic E-state index is 5.55. The number of nitrogens with zero attached hydrogens (tertiary/aromatic N) is 1. The van der Waals surface area contributed by atoms with Crippen molar-refractivity contribution in [2.24, 2.45) is 0 Å². The summed E-state index contributed by atoms with van der Waals surface area (Å²) < 4.78 is 5.55. The molecule has 1 aliphatic heterocycles. The molecule has 2 nitrogen and oxygen atoms in total. The van der Waals surface area contributed by atoms with Crippen molar-refractivity contribution in [1.82, 2.24) is 4.90 Å². The highest BCUT2D eigenvalue weighted by atomic mass is 16.5. The summed E-state index contributed by atoms with van der Waals surface area (Å²) in [6, 6.07) is 0.678. The molecule has 1 heterocycles. The van der Waals surface area contributed by atoms with Gasteiger partial charge in [-0.25, -0.2) is 0 Å². The fraction of sp³-hybridized carbons (Fsp3) is 1.00. The van der Waals surface area contributed by atoms with E-state index in [2.05, 4.69) is 25.8 Å². The van der Waals surface area contributed by atoms with Gasteiger partial charge in [0.1, 0.15) is 0 Å². The quantitative estimate of drug-likeness (QED) is 0.615. The van der Waals surface area contributed by atoms with Gasteiger partial charge in [0.05, 0.1) is 12.7 Å². The molecule has 0 aromatic rings. The summed E-state index contributed by atoms with van der Waals surface area (Å²) in [5, 5.41) is 0. The van der Waals surface area contributed by atoms with Crippen LogP contribution in [0, 0.1) is 0 Å². The summed E-state index contributed by atoms with van der Waals surface area (Å²) in [4.78, 5) is 2.39. The van der Waals surface area contributed by atoms with E-state index in [9.17, 15) is 0 Å². The molecule has 0 N–H and O–H groups in total. The van der Waals surface area contributed by atoms with E-state index in [-0.39, 0.29) is 0 Å². The van der Waals surface area contributed by atoms with E-state index in [1.54, 1.807) is 0 Å². The second-order valence-corrected chi connectivity index (χ2v) is 3.66. The topological polar surface area (TPSA) is 12.5 Å². The highest BCUT2D eigenvalue weighted by Crippen LogP contribution is 2.14. The van der Waals surface area contributed by atoms with Crippen LogP contribution in [0.3, 0.4) is 0 Å². The molecule has 0 radical (unpaired) electrons. The van der Waals surface area contributed by atoms with Crippen molar-refractivity contribution in [2.75, 3.05) is 20.2 Å². The Morgan fingerprint density at radius 1 is 1.55 bits per heavy atom. The number of hydrogen-bond donors (Lipinski definition) is 0.